The first-order valence-electron chi connectivity index (χ1n) is 13.8. The van der Waals surface area contributed by atoms with E-state index in [9.17, 15) is 9.59 Å². The number of urea groups is 2. The number of hydrogen-bond acceptors (Lipinski definition) is 3. The van der Waals surface area contributed by atoms with Gasteiger partial charge in [-0.25, -0.2) is 9.59 Å². The molecule has 3 fully saturated rings. The molecule has 1 atom stereocenters. The van der Waals surface area contributed by atoms with Crippen LogP contribution in [0.1, 0.15) is 82.6 Å². The maximum atomic E-state index is 13.3. The fourth-order valence-corrected chi connectivity index (χ4v) is 6.14. The van der Waals surface area contributed by atoms with E-state index >= 15 is 0 Å². The molecule has 3 aliphatic rings. The van der Waals surface area contributed by atoms with Gasteiger partial charge in [-0.1, -0.05) is 68.9 Å². The average molecular weight is 469 g/mol. The minimum Gasteiger partial charge on any atom is -0.335 e. The fourth-order valence-electron chi connectivity index (χ4n) is 6.14. The summed E-state index contributed by atoms with van der Waals surface area (Å²) in [5.41, 5.74) is 1.39. The molecule has 4 amide bonds. The average Bonchev–Trinajstić information content (AvgIpc) is 2.88. The van der Waals surface area contributed by atoms with E-state index in [0.717, 1.165) is 77.5 Å². The molecule has 6 heteroatoms. The normalized spacial score (nSPS) is 22.8. The number of hydrogen-bond donors (Lipinski definition) is 2. The second kappa shape index (κ2) is 13.1. The van der Waals surface area contributed by atoms with Crippen molar-refractivity contribution in [3.05, 3.63) is 35.9 Å². The predicted molar refractivity (Wildman–Crippen MR) is 137 cm³/mol. The molecule has 4 rings (SSSR count). The van der Waals surface area contributed by atoms with Crippen molar-refractivity contribution in [2.75, 3.05) is 26.2 Å². The van der Waals surface area contributed by atoms with Gasteiger partial charge < -0.3 is 15.1 Å². The monoisotopic (exact) mass is 468 g/mol. The lowest BCUT2D eigenvalue weighted by molar-refractivity contribution is 0.109. The van der Waals surface area contributed by atoms with Crippen LogP contribution < -0.4 is 10.6 Å². The van der Waals surface area contributed by atoms with E-state index in [4.69, 9.17) is 0 Å². The highest BCUT2D eigenvalue weighted by molar-refractivity contribution is 5.93. The number of carbonyl (C=O) groups is 2. The van der Waals surface area contributed by atoms with Crippen molar-refractivity contribution >= 4 is 12.1 Å². The van der Waals surface area contributed by atoms with E-state index in [1.54, 1.807) is 0 Å². The number of benzene rings is 1. The summed E-state index contributed by atoms with van der Waals surface area (Å²) in [6.45, 7) is 4.01. The van der Waals surface area contributed by atoms with Crippen LogP contribution in [0.25, 0.3) is 0 Å². The largest absolute Gasteiger partial charge is 0.335 e. The van der Waals surface area contributed by atoms with E-state index < -0.39 is 0 Å². The lowest BCUT2D eigenvalue weighted by atomic mass is 9.91. The smallest absolute Gasteiger partial charge is 0.325 e. The minimum absolute atomic E-state index is 0.193. The van der Waals surface area contributed by atoms with Gasteiger partial charge in [0.05, 0.1) is 0 Å². The Labute approximate surface area is 205 Å². The minimum atomic E-state index is -0.314. The molecule has 2 saturated carbocycles. The summed E-state index contributed by atoms with van der Waals surface area (Å²) >= 11 is 0. The first-order chi connectivity index (χ1) is 16.7. The van der Waals surface area contributed by atoms with Gasteiger partial charge in [0.15, 0.2) is 0 Å². The Morgan fingerprint density at radius 3 is 2.32 bits per heavy atom. The van der Waals surface area contributed by atoms with Gasteiger partial charge in [0.1, 0.15) is 0 Å². The van der Waals surface area contributed by atoms with Crippen LogP contribution in [0.3, 0.4) is 0 Å². The van der Waals surface area contributed by atoms with Crippen LogP contribution in [0.5, 0.6) is 0 Å². The Hall–Kier alpha value is -2.08. The van der Waals surface area contributed by atoms with Crippen LogP contribution in [0, 0.1) is 5.92 Å². The number of imide groups is 1. The number of likely N-dealkylation sites (tertiary alicyclic amines) is 1. The van der Waals surface area contributed by atoms with E-state index in [1.165, 1.54) is 37.7 Å². The van der Waals surface area contributed by atoms with Crippen LogP contribution in [0.15, 0.2) is 30.3 Å². The van der Waals surface area contributed by atoms with E-state index in [0.29, 0.717) is 5.92 Å². The summed E-state index contributed by atoms with van der Waals surface area (Å²) in [6, 6.07) is 10.7. The van der Waals surface area contributed by atoms with Crippen molar-refractivity contribution in [2.24, 2.45) is 5.92 Å². The molecule has 1 saturated heterocycles. The first-order valence-corrected chi connectivity index (χ1v) is 13.8. The number of amides is 4. The van der Waals surface area contributed by atoms with Crippen LogP contribution in [0.2, 0.25) is 0 Å². The molecule has 6 nitrogen and oxygen atoms in total. The lowest BCUT2D eigenvalue weighted by Gasteiger charge is -2.39. The highest BCUT2D eigenvalue weighted by Crippen LogP contribution is 2.26. The van der Waals surface area contributed by atoms with Crippen molar-refractivity contribution in [1.82, 2.24) is 20.4 Å². The molecule has 1 heterocycles. The summed E-state index contributed by atoms with van der Waals surface area (Å²) in [7, 11) is 0. The molecule has 0 radical (unpaired) electrons. The Kier molecular flexibility index (Phi) is 9.66. The molecule has 1 unspecified atom stereocenters. The van der Waals surface area contributed by atoms with Gasteiger partial charge in [0, 0.05) is 31.7 Å². The van der Waals surface area contributed by atoms with Gasteiger partial charge in [-0.2, -0.15) is 0 Å². The SMILES string of the molecule is O=C(NC(=O)N(CC1CCCN(CCc2ccccc2)C1)C1CCCCC1)NC1CCCCC1. The third-order valence-electron chi connectivity index (χ3n) is 8.05. The molecule has 1 aromatic carbocycles. The van der Waals surface area contributed by atoms with Crippen LogP contribution >= 0.6 is 0 Å². The molecule has 0 bridgehead atoms. The van der Waals surface area contributed by atoms with Gasteiger partial charge in [-0.3, -0.25) is 5.32 Å². The van der Waals surface area contributed by atoms with Crippen LogP contribution in [-0.2, 0) is 6.42 Å². The number of rotatable bonds is 7. The lowest BCUT2D eigenvalue weighted by Crippen LogP contribution is -2.54. The summed E-state index contributed by atoms with van der Waals surface area (Å²) < 4.78 is 0. The standard InChI is InChI=1S/C28H44N4O2/c33-27(29-25-14-6-2-7-15-25)30-28(34)32(26-16-8-3-9-17-26)22-24-13-10-19-31(21-24)20-18-23-11-4-1-5-12-23/h1,4-5,11-12,24-26H,2-3,6-10,13-22H2,(H2,29,30,33,34). The third kappa shape index (κ3) is 7.72. The van der Waals surface area contributed by atoms with Gasteiger partial charge in [-0.05, 0) is 63.0 Å². The molecular formula is C28H44N4O2. The molecular weight excluding hydrogens is 424 g/mol. The molecule has 0 spiro atoms. The van der Waals surface area contributed by atoms with Gasteiger partial charge >= 0.3 is 12.1 Å². The van der Waals surface area contributed by atoms with E-state index in [-0.39, 0.29) is 24.1 Å². The summed E-state index contributed by atoms with van der Waals surface area (Å²) in [6.07, 6.45) is 14.8. The number of nitrogens with zero attached hydrogens (tertiary/aromatic N) is 2. The number of piperidine rings is 1. The predicted octanol–water partition coefficient (Wildman–Crippen LogP) is 5.33. The highest BCUT2D eigenvalue weighted by atomic mass is 16.2. The van der Waals surface area contributed by atoms with E-state index in [1.807, 2.05) is 4.90 Å². The molecule has 1 aliphatic heterocycles. The second-order valence-electron chi connectivity index (χ2n) is 10.7. The Morgan fingerprint density at radius 1 is 0.882 bits per heavy atom. The van der Waals surface area contributed by atoms with Crippen molar-refractivity contribution in [3.63, 3.8) is 0 Å². The van der Waals surface area contributed by atoms with Gasteiger partial charge in [-0.15, -0.1) is 0 Å². The van der Waals surface area contributed by atoms with Crippen LogP contribution in [-0.4, -0.2) is 60.1 Å². The molecule has 0 aromatic heterocycles. The topological polar surface area (TPSA) is 64.7 Å². The third-order valence-corrected chi connectivity index (χ3v) is 8.05. The Bertz CT molecular complexity index is 759. The Balaban J connectivity index is 1.31. The van der Waals surface area contributed by atoms with Crippen molar-refractivity contribution in [3.8, 4) is 0 Å². The number of carbonyl (C=O) groups excluding carboxylic acids is 2. The molecule has 2 aliphatic carbocycles. The second-order valence-corrected chi connectivity index (χ2v) is 10.7. The molecule has 188 valence electrons. The van der Waals surface area contributed by atoms with Crippen molar-refractivity contribution in [2.45, 2.75) is 95.6 Å². The molecule has 2 N–H and O–H groups in total. The molecule has 34 heavy (non-hydrogen) atoms. The highest BCUT2D eigenvalue weighted by Gasteiger charge is 2.31. The molecule has 1 aromatic rings. The van der Waals surface area contributed by atoms with E-state index in [2.05, 4.69) is 45.9 Å². The summed E-state index contributed by atoms with van der Waals surface area (Å²) in [5, 5.41) is 5.74. The quantitative estimate of drug-likeness (QED) is 0.569. The zero-order valence-electron chi connectivity index (χ0n) is 20.9. The zero-order valence-corrected chi connectivity index (χ0v) is 20.9. The van der Waals surface area contributed by atoms with Crippen LogP contribution in [0.4, 0.5) is 9.59 Å². The number of nitrogens with one attached hydrogen (secondary N) is 2. The maximum Gasteiger partial charge on any atom is 0.325 e. The summed E-state index contributed by atoms with van der Waals surface area (Å²) in [5.74, 6) is 0.471. The van der Waals surface area contributed by atoms with Crippen molar-refractivity contribution < 1.29 is 9.59 Å². The zero-order chi connectivity index (χ0) is 23.6. The van der Waals surface area contributed by atoms with Gasteiger partial charge in [0.2, 0.25) is 0 Å². The summed E-state index contributed by atoms with van der Waals surface area (Å²) in [4.78, 5) is 30.5. The first kappa shape index (κ1) is 25.0. The van der Waals surface area contributed by atoms with Crippen molar-refractivity contribution in [1.29, 1.82) is 0 Å². The maximum absolute atomic E-state index is 13.3. The van der Waals surface area contributed by atoms with Gasteiger partial charge in [0.25, 0.3) is 0 Å². The Morgan fingerprint density at radius 2 is 1.59 bits per heavy atom. The fraction of sp³-hybridized carbons (Fsp3) is 0.714.